The number of cyclic esters (lactones) is 1. The molecule has 144 valence electrons. The fraction of sp³-hybridized carbons (Fsp3) is 0.0909. The Hall–Kier alpha value is -3.79. The van der Waals surface area contributed by atoms with Gasteiger partial charge in [-0.2, -0.15) is 0 Å². The zero-order valence-corrected chi connectivity index (χ0v) is 14.8. The van der Waals surface area contributed by atoms with Crippen LogP contribution in [0.4, 0.5) is 18.0 Å². The molecule has 0 radical (unpaired) electrons. The van der Waals surface area contributed by atoms with Gasteiger partial charge >= 0.3 is 6.09 Å². The van der Waals surface area contributed by atoms with Crippen molar-refractivity contribution in [2.45, 2.75) is 12.1 Å². The smallest absolute Gasteiger partial charge is 0.408 e. The van der Waals surface area contributed by atoms with Crippen LogP contribution in [0.1, 0.15) is 34.7 Å². The molecule has 2 aromatic carbocycles. The molecule has 1 saturated heterocycles. The van der Waals surface area contributed by atoms with Gasteiger partial charge < -0.3 is 10.1 Å². The van der Waals surface area contributed by atoms with Gasteiger partial charge in [0.15, 0.2) is 6.10 Å². The summed E-state index contributed by atoms with van der Waals surface area (Å²) in [7, 11) is 0. The molecule has 29 heavy (non-hydrogen) atoms. The zero-order valence-electron chi connectivity index (χ0n) is 14.8. The quantitative estimate of drug-likeness (QED) is 0.655. The molecule has 1 amide bonds. The van der Waals surface area contributed by atoms with Gasteiger partial charge in [-0.05, 0) is 30.2 Å². The van der Waals surface area contributed by atoms with E-state index in [0.29, 0.717) is 23.5 Å². The third kappa shape index (κ3) is 3.92. The summed E-state index contributed by atoms with van der Waals surface area (Å²) in [4.78, 5) is 16.2. The number of carbonyl (C=O) groups is 1. The molecule has 4 nitrogen and oxygen atoms in total. The van der Waals surface area contributed by atoms with Crippen LogP contribution in [0.3, 0.4) is 0 Å². The topological polar surface area (TPSA) is 51.2 Å². The van der Waals surface area contributed by atoms with Crippen LogP contribution >= 0.6 is 0 Å². The molecule has 0 aliphatic carbocycles. The van der Waals surface area contributed by atoms with E-state index in [0.717, 1.165) is 5.56 Å². The van der Waals surface area contributed by atoms with Gasteiger partial charge in [0.25, 0.3) is 0 Å². The molecule has 0 spiro atoms. The van der Waals surface area contributed by atoms with Gasteiger partial charge in [-0.25, -0.2) is 22.9 Å². The lowest BCUT2D eigenvalue weighted by molar-refractivity contribution is 0.127. The first kappa shape index (κ1) is 18.6. The van der Waals surface area contributed by atoms with E-state index in [1.54, 1.807) is 18.2 Å². The van der Waals surface area contributed by atoms with Crippen molar-refractivity contribution in [1.29, 1.82) is 0 Å². The summed E-state index contributed by atoms with van der Waals surface area (Å²) in [5.74, 6) is 2.52. The van der Waals surface area contributed by atoms with Gasteiger partial charge in [-0.15, -0.1) is 0 Å². The lowest BCUT2D eigenvalue weighted by Crippen LogP contribution is -2.21. The number of benzene rings is 2. The van der Waals surface area contributed by atoms with E-state index in [1.807, 2.05) is 30.3 Å². The highest BCUT2D eigenvalue weighted by Crippen LogP contribution is 2.38. The molecule has 1 aromatic heterocycles. The number of nitrogens with zero attached hydrogens (tertiary/aromatic N) is 1. The largest absolute Gasteiger partial charge is 0.438 e. The summed E-state index contributed by atoms with van der Waals surface area (Å²) >= 11 is 0. The Kier molecular flexibility index (Phi) is 4.92. The minimum absolute atomic E-state index is 0.309. The Bertz CT molecular complexity index is 1120. The number of nitrogens with one attached hydrogen (secondary N) is 1. The maximum atomic E-state index is 14.2. The zero-order chi connectivity index (χ0) is 20.4. The van der Waals surface area contributed by atoms with Crippen LogP contribution in [0.2, 0.25) is 0 Å². The van der Waals surface area contributed by atoms with Crippen LogP contribution in [-0.4, -0.2) is 11.1 Å². The predicted molar refractivity (Wildman–Crippen MR) is 98.1 cm³/mol. The highest BCUT2D eigenvalue weighted by atomic mass is 19.1. The highest BCUT2D eigenvalue weighted by Gasteiger charge is 2.40. The average molecular weight is 394 g/mol. The maximum absolute atomic E-state index is 14.2. The number of rotatable bonds is 2. The predicted octanol–water partition coefficient (Wildman–Crippen LogP) is 4.42. The standard InChI is InChI=1S/C22H13F3N2O2/c23-14-11-16(24)19(17(25)12-14)21-20(27-22(28)29-21)18-8-4-7-15(26-18)10-9-13-5-2-1-3-6-13/h1-8,11-12,20-21H,(H,27,28)/t20-,21-/m0/s1. The number of hydrogen-bond acceptors (Lipinski definition) is 3. The number of ether oxygens (including phenoxy) is 1. The number of halogens is 3. The minimum Gasteiger partial charge on any atom is -0.438 e. The van der Waals surface area contributed by atoms with Gasteiger partial charge in [0, 0.05) is 17.7 Å². The molecule has 1 aliphatic rings. The fourth-order valence-electron chi connectivity index (χ4n) is 3.05. The van der Waals surface area contributed by atoms with Crippen LogP contribution in [0.15, 0.2) is 60.7 Å². The van der Waals surface area contributed by atoms with Crippen molar-refractivity contribution in [2.75, 3.05) is 0 Å². The summed E-state index contributed by atoms with van der Waals surface area (Å²) in [5.41, 5.74) is 0.970. The second kappa shape index (κ2) is 7.68. The number of hydrogen-bond donors (Lipinski definition) is 1. The molecule has 0 saturated carbocycles. The Morgan fingerprint density at radius 2 is 1.66 bits per heavy atom. The Morgan fingerprint density at radius 3 is 2.38 bits per heavy atom. The summed E-state index contributed by atoms with van der Waals surface area (Å²) in [6, 6.07) is 14.3. The number of amides is 1. The number of aromatic nitrogens is 1. The molecular formula is C22H13F3N2O2. The van der Waals surface area contributed by atoms with Crippen molar-refractivity contribution < 1.29 is 22.7 Å². The molecule has 1 fully saturated rings. The highest BCUT2D eigenvalue weighted by molar-refractivity contribution is 5.71. The van der Waals surface area contributed by atoms with Crippen molar-refractivity contribution in [3.05, 3.63) is 101 Å². The van der Waals surface area contributed by atoms with Gasteiger partial charge in [0.1, 0.15) is 29.2 Å². The summed E-state index contributed by atoms with van der Waals surface area (Å²) < 4.78 is 46.7. The number of carbonyl (C=O) groups excluding carboxylic acids is 1. The molecule has 1 N–H and O–H groups in total. The SMILES string of the molecule is O=C1N[C@@H](c2cccc(C#Cc3ccccc3)n2)[C@H](c2c(F)cc(F)cc2F)O1. The van der Waals surface area contributed by atoms with Gasteiger partial charge in [0.2, 0.25) is 0 Å². The average Bonchev–Trinajstić information content (AvgIpc) is 3.08. The second-order valence-corrected chi connectivity index (χ2v) is 6.29. The molecule has 0 unspecified atom stereocenters. The minimum atomic E-state index is -1.34. The molecule has 2 heterocycles. The van der Waals surface area contributed by atoms with Crippen LogP contribution in [0, 0.1) is 29.3 Å². The third-order valence-corrected chi connectivity index (χ3v) is 4.34. The van der Waals surface area contributed by atoms with Crippen LogP contribution in [-0.2, 0) is 4.74 Å². The third-order valence-electron chi connectivity index (χ3n) is 4.34. The lowest BCUT2D eigenvalue weighted by Gasteiger charge is -2.18. The Morgan fingerprint density at radius 1 is 0.931 bits per heavy atom. The van der Waals surface area contributed by atoms with E-state index in [-0.39, 0.29) is 0 Å². The van der Waals surface area contributed by atoms with Crippen molar-refractivity contribution >= 4 is 6.09 Å². The fourth-order valence-corrected chi connectivity index (χ4v) is 3.05. The molecule has 0 bridgehead atoms. The van der Waals surface area contributed by atoms with E-state index in [2.05, 4.69) is 22.1 Å². The first-order valence-corrected chi connectivity index (χ1v) is 8.67. The van der Waals surface area contributed by atoms with Crippen molar-refractivity contribution in [2.24, 2.45) is 0 Å². The van der Waals surface area contributed by atoms with Crippen molar-refractivity contribution in [1.82, 2.24) is 10.3 Å². The van der Waals surface area contributed by atoms with E-state index in [1.165, 1.54) is 0 Å². The van der Waals surface area contributed by atoms with Crippen LogP contribution < -0.4 is 5.32 Å². The van der Waals surface area contributed by atoms with E-state index in [9.17, 15) is 18.0 Å². The molecule has 2 atom stereocenters. The second-order valence-electron chi connectivity index (χ2n) is 6.29. The van der Waals surface area contributed by atoms with Gasteiger partial charge in [-0.1, -0.05) is 30.2 Å². The van der Waals surface area contributed by atoms with Crippen molar-refractivity contribution in [3.63, 3.8) is 0 Å². The Balaban J connectivity index is 1.69. The van der Waals surface area contributed by atoms with E-state index < -0.39 is 41.3 Å². The lowest BCUT2D eigenvalue weighted by atomic mass is 9.98. The Labute approximate surface area is 164 Å². The maximum Gasteiger partial charge on any atom is 0.408 e. The van der Waals surface area contributed by atoms with E-state index >= 15 is 0 Å². The monoisotopic (exact) mass is 394 g/mol. The normalized spacial score (nSPS) is 17.8. The summed E-state index contributed by atoms with van der Waals surface area (Å²) in [5, 5.41) is 2.49. The van der Waals surface area contributed by atoms with Crippen LogP contribution in [0.25, 0.3) is 0 Å². The molecule has 3 aromatic rings. The van der Waals surface area contributed by atoms with E-state index in [4.69, 9.17) is 4.74 Å². The summed E-state index contributed by atoms with van der Waals surface area (Å²) in [6.07, 6.45) is -2.20. The first-order valence-electron chi connectivity index (χ1n) is 8.67. The van der Waals surface area contributed by atoms with Gasteiger partial charge in [0.05, 0.1) is 11.3 Å². The molecule has 1 aliphatic heterocycles. The summed E-state index contributed by atoms with van der Waals surface area (Å²) in [6.45, 7) is 0. The molecule has 7 heteroatoms. The van der Waals surface area contributed by atoms with Crippen LogP contribution in [0.5, 0.6) is 0 Å². The van der Waals surface area contributed by atoms with Crippen molar-refractivity contribution in [3.8, 4) is 11.8 Å². The number of alkyl carbamates (subject to hydrolysis) is 1. The molecule has 4 rings (SSSR count). The molecular weight excluding hydrogens is 381 g/mol. The van der Waals surface area contributed by atoms with Gasteiger partial charge in [-0.3, -0.25) is 0 Å². The first-order chi connectivity index (χ1) is 14.0. The number of pyridine rings is 1.